The molecule has 10 heteroatoms. The van der Waals surface area contributed by atoms with Crippen molar-refractivity contribution in [2.24, 2.45) is 15.0 Å². The van der Waals surface area contributed by atoms with Gasteiger partial charge in [0.25, 0.3) is 0 Å². The second-order valence-electron chi connectivity index (χ2n) is 11.4. The van der Waals surface area contributed by atoms with Crippen molar-refractivity contribution in [1.29, 1.82) is 0 Å². The molecule has 0 aromatic carbocycles. The van der Waals surface area contributed by atoms with E-state index in [1.807, 2.05) is 30.5 Å². The van der Waals surface area contributed by atoms with Gasteiger partial charge in [-0.15, -0.1) is 11.6 Å². The highest BCUT2D eigenvalue weighted by Crippen LogP contribution is 2.32. The summed E-state index contributed by atoms with van der Waals surface area (Å²) in [4.78, 5) is 36.4. The lowest BCUT2D eigenvalue weighted by molar-refractivity contribution is -0.135. The van der Waals surface area contributed by atoms with E-state index in [-0.39, 0.29) is 29.5 Å². The van der Waals surface area contributed by atoms with Gasteiger partial charge in [-0.3, -0.25) is 25.1 Å². The summed E-state index contributed by atoms with van der Waals surface area (Å²) < 4.78 is 0. The number of fused-ring (bicyclic) bond motifs is 1. The molecule has 5 aliphatic heterocycles. The van der Waals surface area contributed by atoms with E-state index in [4.69, 9.17) is 16.6 Å². The minimum Gasteiger partial charge on any atom is -0.375 e. The monoisotopic (exact) mass is 564 g/mol. The number of rotatable bonds is 7. The number of dihydropyridines is 1. The summed E-state index contributed by atoms with van der Waals surface area (Å²) in [5, 5.41) is 3.57. The van der Waals surface area contributed by atoms with Crippen LogP contribution in [-0.4, -0.2) is 113 Å². The van der Waals surface area contributed by atoms with Gasteiger partial charge in [-0.05, 0) is 56.3 Å². The van der Waals surface area contributed by atoms with Gasteiger partial charge < -0.3 is 19.6 Å². The number of carbonyl (C=O) groups excluding carboxylic acids is 1. The lowest BCUT2D eigenvalue weighted by Crippen LogP contribution is -2.58. The van der Waals surface area contributed by atoms with E-state index in [2.05, 4.69) is 49.1 Å². The summed E-state index contributed by atoms with van der Waals surface area (Å²) in [5.74, 6) is 0.979. The Labute approximate surface area is 242 Å². The Morgan fingerprint density at radius 1 is 1.07 bits per heavy atom. The first-order valence-corrected chi connectivity index (χ1v) is 15.3. The molecule has 214 valence electrons. The van der Waals surface area contributed by atoms with E-state index in [1.54, 1.807) is 6.20 Å². The van der Waals surface area contributed by atoms with Crippen molar-refractivity contribution in [2.45, 2.75) is 69.6 Å². The maximum atomic E-state index is 13.6. The summed E-state index contributed by atoms with van der Waals surface area (Å²) in [7, 11) is 0. The van der Waals surface area contributed by atoms with Gasteiger partial charge in [0.2, 0.25) is 5.91 Å². The predicted molar refractivity (Wildman–Crippen MR) is 162 cm³/mol. The number of alkyl halides is 1. The van der Waals surface area contributed by atoms with Crippen LogP contribution in [-0.2, 0) is 4.79 Å². The zero-order chi connectivity index (χ0) is 27.6. The first-order valence-electron chi connectivity index (χ1n) is 14.9. The van der Waals surface area contributed by atoms with E-state index in [9.17, 15) is 4.79 Å². The van der Waals surface area contributed by atoms with Crippen LogP contribution < -0.4 is 5.32 Å². The number of piperazine rings is 1. The number of amides is 1. The van der Waals surface area contributed by atoms with Gasteiger partial charge in [0, 0.05) is 69.3 Å². The molecule has 40 heavy (non-hydrogen) atoms. The number of nitrogens with zero attached hydrogens (tertiary/aromatic N) is 7. The van der Waals surface area contributed by atoms with E-state index in [1.165, 1.54) is 48.5 Å². The minimum atomic E-state index is -0.339. The Balaban J connectivity index is 1.12. The second kappa shape index (κ2) is 11.9. The zero-order valence-corrected chi connectivity index (χ0v) is 24.4. The van der Waals surface area contributed by atoms with Gasteiger partial charge in [0.15, 0.2) is 0 Å². The third-order valence-corrected chi connectivity index (χ3v) is 9.28. The summed E-state index contributed by atoms with van der Waals surface area (Å²) >= 11 is 6.66. The Morgan fingerprint density at radius 2 is 1.88 bits per heavy atom. The minimum absolute atomic E-state index is 0.0549. The summed E-state index contributed by atoms with van der Waals surface area (Å²) in [6.45, 7) is 10.0. The number of hydrogen-bond donors (Lipinski definition) is 1. The van der Waals surface area contributed by atoms with Crippen molar-refractivity contribution in [3.05, 3.63) is 47.1 Å². The molecule has 1 N–H and O–H groups in total. The van der Waals surface area contributed by atoms with Crippen LogP contribution in [0.2, 0.25) is 0 Å². The molecule has 9 nitrogen and oxygen atoms in total. The number of carbonyl (C=O) groups is 1. The quantitative estimate of drug-likeness (QED) is 0.481. The van der Waals surface area contributed by atoms with Crippen LogP contribution in [0.3, 0.4) is 0 Å². The molecular formula is C30H41ClN8O. The first kappa shape index (κ1) is 27.3. The maximum absolute atomic E-state index is 13.6. The van der Waals surface area contributed by atoms with E-state index >= 15 is 0 Å². The number of hydrogen-bond acceptors (Lipinski definition) is 8. The SMILES string of the molecule is CCC1=C(N2CCN(C(=O)C(C)NC3C(C4=CC=C(N5CCCC5)CC4)N=C4C=NC=CN43)CC2)C(Cl)CN=C1. The van der Waals surface area contributed by atoms with Gasteiger partial charge in [-0.25, -0.2) is 0 Å². The molecule has 0 aromatic rings. The van der Waals surface area contributed by atoms with Gasteiger partial charge >= 0.3 is 0 Å². The van der Waals surface area contributed by atoms with Gasteiger partial charge in [0.1, 0.15) is 18.0 Å². The van der Waals surface area contributed by atoms with Gasteiger partial charge in [0.05, 0.1) is 24.2 Å². The average molecular weight is 565 g/mol. The van der Waals surface area contributed by atoms with E-state index < -0.39 is 0 Å². The number of aliphatic imine (C=N–C) groups is 3. The molecule has 6 rings (SSSR count). The van der Waals surface area contributed by atoms with Crippen LogP contribution in [0.5, 0.6) is 0 Å². The highest BCUT2D eigenvalue weighted by Gasteiger charge is 2.40. The van der Waals surface area contributed by atoms with Crippen molar-refractivity contribution < 1.29 is 4.79 Å². The molecule has 5 heterocycles. The summed E-state index contributed by atoms with van der Waals surface area (Å²) in [6.07, 6.45) is 17.5. The highest BCUT2D eigenvalue weighted by atomic mass is 35.5. The number of amidine groups is 1. The fourth-order valence-corrected chi connectivity index (χ4v) is 7.09. The Morgan fingerprint density at radius 3 is 2.60 bits per heavy atom. The predicted octanol–water partition coefficient (Wildman–Crippen LogP) is 3.13. The molecule has 2 saturated heterocycles. The van der Waals surface area contributed by atoms with Crippen LogP contribution in [0, 0.1) is 0 Å². The molecule has 4 atom stereocenters. The molecule has 0 radical (unpaired) electrons. The van der Waals surface area contributed by atoms with Crippen LogP contribution in [0.1, 0.15) is 46.0 Å². The second-order valence-corrected chi connectivity index (χ2v) is 11.9. The van der Waals surface area contributed by atoms with Crippen LogP contribution in [0.25, 0.3) is 0 Å². The molecule has 1 aliphatic carbocycles. The molecule has 6 aliphatic rings. The molecule has 1 amide bonds. The highest BCUT2D eigenvalue weighted by molar-refractivity contribution is 6.31. The summed E-state index contributed by atoms with van der Waals surface area (Å²) in [6, 6.07) is -0.394. The van der Waals surface area contributed by atoms with Crippen LogP contribution in [0.15, 0.2) is 62.1 Å². The van der Waals surface area contributed by atoms with Crippen molar-refractivity contribution in [3.63, 3.8) is 0 Å². The van der Waals surface area contributed by atoms with Gasteiger partial charge in [-0.2, -0.15) is 0 Å². The number of nitrogens with one attached hydrogen (secondary N) is 1. The molecule has 0 spiro atoms. The van der Waals surface area contributed by atoms with Crippen molar-refractivity contribution in [1.82, 2.24) is 24.9 Å². The topological polar surface area (TPSA) is 79.1 Å². The zero-order valence-electron chi connectivity index (χ0n) is 23.7. The Bertz CT molecular complexity index is 1200. The molecule has 2 fully saturated rings. The van der Waals surface area contributed by atoms with Gasteiger partial charge in [-0.1, -0.05) is 13.0 Å². The molecule has 4 unspecified atom stereocenters. The molecule has 0 saturated carbocycles. The van der Waals surface area contributed by atoms with Crippen LogP contribution >= 0.6 is 11.6 Å². The lowest BCUT2D eigenvalue weighted by atomic mass is 9.94. The average Bonchev–Trinajstić information content (AvgIpc) is 3.66. The molecular weight excluding hydrogens is 524 g/mol. The summed E-state index contributed by atoms with van der Waals surface area (Å²) in [5.41, 5.74) is 5.16. The number of allylic oxidation sites excluding steroid dienone is 4. The fraction of sp³-hybridized carbons (Fsp3) is 0.600. The third kappa shape index (κ3) is 5.38. The lowest BCUT2D eigenvalue weighted by Gasteiger charge is -2.41. The largest absolute Gasteiger partial charge is 0.375 e. The number of likely N-dealkylation sites (tertiary alicyclic amines) is 1. The van der Waals surface area contributed by atoms with Crippen molar-refractivity contribution in [2.75, 3.05) is 45.8 Å². The van der Waals surface area contributed by atoms with Crippen LogP contribution in [0.4, 0.5) is 0 Å². The Kier molecular flexibility index (Phi) is 8.12. The fourth-order valence-electron chi connectivity index (χ4n) is 6.73. The molecule has 0 bridgehead atoms. The van der Waals surface area contributed by atoms with E-state index in [0.29, 0.717) is 19.6 Å². The first-order chi connectivity index (χ1) is 19.5. The van der Waals surface area contributed by atoms with Crippen molar-refractivity contribution in [3.8, 4) is 0 Å². The molecule has 0 aromatic heterocycles. The number of halogens is 1. The van der Waals surface area contributed by atoms with E-state index in [0.717, 1.165) is 38.2 Å². The van der Waals surface area contributed by atoms with Crippen molar-refractivity contribution >= 4 is 35.8 Å². The normalized spacial score (nSPS) is 29.1. The standard InChI is InChI=1S/C30H41ClN8O/c1-3-22-18-33-19-25(31)28(22)37-14-16-38(17-15-37)30(40)21(2)34-29-27(35-26-20-32-10-13-39(26)29)23-6-8-24(9-7-23)36-11-4-5-12-36/h6,8,10,13,18,20-21,25,27,29,34H,3-5,7,9,11-12,14-17,19H2,1-2H3. The Hall–Kier alpha value is -2.91. The third-order valence-electron chi connectivity index (χ3n) is 8.93. The maximum Gasteiger partial charge on any atom is 0.239 e. The smallest absolute Gasteiger partial charge is 0.239 e.